The highest BCUT2D eigenvalue weighted by Crippen LogP contribution is 2.20. The Labute approximate surface area is 158 Å². The molecule has 1 amide bonds. The molecule has 1 aromatic heterocycles. The number of hydrogen-bond acceptors (Lipinski definition) is 2. The third kappa shape index (κ3) is 3.70. The molecule has 4 heteroatoms. The van der Waals surface area contributed by atoms with E-state index in [4.69, 9.17) is 0 Å². The lowest BCUT2D eigenvalue weighted by Gasteiger charge is -2.09. The summed E-state index contributed by atoms with van der Waals surface area (Å²) in [6.07, 6.45) is 2.17. The molecule has 26 heavy (non-hydrogen) atoms. The van der Waals surface area contributed by atoms with Crippen molar-refractivity contribution in [3.05, 3.63) is 75.6 Å². The normalized spacial score (nSPS) is 11.9. The van der Waals surface area contributed by atoms with Crippen LogP contribution in [0.1, 0.15) is 27.8 Å². The van der Waals surface area contributed by atoms with Gasteiger partial charge in [-0.1, -0.05) is 41.2 Å². The number of rotatable bonds is 4. The van der Waals surface area contributed by atoms with E-state index in [2.05, 4.69) is 74.2 Å². The van der Waals surface area contributed by atoms with Gasteiger partial charge in [-0.2, -0.15) is 4.99 Å². The summed E-state index contributed by atoms with van der Waals surface area (Å²) in [5.41, 5.74) is 6.89. The van der Waals surface area contributed by atoms with Crippen LogP contribution in [-0.2, 0) is 17.8 Å². The summed E-state index contributed by atoms with van der Waals surface area (Å²) < 4.78 is 3.19. The second kappa shape index (κ2) is 7.42. The van der Waals surface area contributed by atoms with Crippen molar-refractivity contribution in [3.63, 3.8) is 0 Å². The van der Waals surface area contributed by atoms with Gasteiger partial charge in [0.2, 0.25) is 0 Å². The summed E-state index contributed by atoms with van der Waals surface area (Å²) in [5, 5.41) is 0. The first-order valence-corrected chi connectivity index (χ1v) is 9.56. The van der Waals surface area contributed by atoms with E-state index in [0.29, 0.717) is 13.0 Å². The van der Waals surface area contributed by atoms with Crippen LogP contribution in [0.3, 0.4) is 0 Å². The van der Waals surface area contributed by atoms with Gasteiger partial charge in [-0.05, 0) is 62.1 Å². The lowest BCUT2D eigenvalue weighted by molar-refractivity contribution is -0.117. The smallest absolute Gasteiger partial charge is 0.252 e. The van der Waals surface area contributed by atoms with E-state index < -0.39 is 0 Å². The lowest BCUT2D eigenvalue weighted by Crippen LogP contribution is -2.17. The van der Waals surface area contributed by atoms with Gasteiger partial charge >= 0.3 is 0 Å². The Morgan fingerprint density at radius 3 is 2.46 bits per heavy atom. The molecule has 1 heterocycles. The Hall–Kier alpha value is -2.46. The predicted octanol–water partition coefficient (Wildman–Crippen LogP) is 4.79. The van der Waals surface area contributed by atoms with Crippen LogP contribution in [0.4, 0.5) is 0 Å². The molecule has 3 rings (SSSR count). The van der Waals surface area contributed by atoms with Gasteiger partial charge in [-0.25, -0.2) is 0 Å². The highest BCUT2D eigenvalue weighted by atomic mass is 32.1. The maximum absolute atomic E-state index is 12.7. The molecule has 0 saturated heterocycles. The van der Waals surface area contributed by atoms with Crippen molar-refractivity contribution < 1.29 is 4.79 Å². The largest absolute Gasteiger partial charge is 0.313 e. The van der Waals surface area contributed by atoms with Crippen molar-refractivity contribution in [1.29, 1.82) is 0 Å². The van der Waals surface area contributed by atoms with Crippen molar-refractivity contribution >= 4 is 27.5 Å². The van der Waals surface area contributed by atoms with Gasteiger partial charge in [-0.15, -0.1) is 6.58 Å². The number of allylic oxidation sites excluding steroid dienone is 1. The number of thiazole rings is 1. The third-order valence-electron chi connectivity index (χ3n) is 4.54. The van der Waals surface area contributed by atoms with Crippen LogP contribution >= 0.6 is 11.3 Å². The first kappa shape index (κ1) is 18.3. The quantitative estimate of drug-likeness (QED) is 0.613. The first-order valence-electron chi connectivity index (χ1n) is 8.74. The second-order valence-electron chi connectivity index (χ2n) is 6.81. The molecule has 0 bridgehead atoms. The number of fused-ring (bicyclic) bond motifs is 1. The molecule has 134 valence electrons. The van der Waals surface area contributed by atoms with Gasteiger partial charge in [0.1, 0.15) is 0 Å². The molecular weight excluding hydrogens is 340 g/mol. The Balaban J connectivity index is 2.03. The minimum absolute atomic E-state index is 0.110. The van der Waals surface area contributed by atoms with Crippen LogP contribution < -0.4 is 4.80 Å². The molecule has 0 radical (unpaired) electrons. The first-order chi connectivity index (χ1) is 12.4. The van der Waals surface area contributed by atoms with Crippen LogP contribution in [-0.4, -0.2) is 10.5 Å². The van der Waals surface area contributed by atoms with Crippen LogP contribution in [0.25, 0.3) is 10.2 Å². The van der Waals surface area contributed by atoms with Gasteiger partial charge < -0.3 is 4.57 Å². The zero-order valence-corrected chi connectivity index (χ0v) is 16.6. The molecule has 0 aliphatic rings. The SMILES string of the molecule is C=CCn1c(=NC(=O)Cc2c(C)cc(C)cc2C)sc2cc(C)ccc21. The van der Waals surface area contributed by atoms with E-state index in [1.165, 1.54) is 11.1 Å². The molecule has 0 N–H and O–H groups in total. The Kier molecular flexibility index (Phi) is 5.23. The Bertz CT molecular complexity index is 1050. The van der Waals surface area contributed by atoms with E-state index in [1.807, 2.05) is 6.08 Å². The Morgan fingerprint density at radius 1 is 1.12 bits per heavy atom. The zero-order valence-electron chi connectivity index (χ0n) is 15.8. The van der Waals surface area contributed by atoms with Crippen LogP contribution in [0, 0.1) is 27.7 Å². The molecular formula is C22H24N2OS. The molecule has 2 aromatic carbocycles. The highest BCUT2D eigenvalue weighted by Gasteiger charge is 2.11. The number of aryl methyl sites for hydroxylation is 4. The van der Waals surface area contributed by atoms with E-state index >= 15 is 0 Å². The van der Waals surface area contributed by atoms with E-state index in [1.54, 1.807) is 11.3 Å². The van der Waals surface area contributed by atoms with Crippen molar-refractivity contribution in [2.45, 2.75) is 40.7 Å². The number of hydrogen-bond donors (Lipinski definition) is 0. The molecule has 0 aliphatic carbocycles. The number of carbonyl (C=O) groups excluding carboxylic acids is 1. The van der Waals surface area contributed by atoms with E-state index in [9.17, 15) is 4.79 Å². The van der Waals surface area contributed by atoms with Crippen LogP contribution in [0.2, 0.25) is 0 Å². The monoisotopic (exact) mass is 364 g/mol. The molecule has 3 nitrogen and oxygen atoms in total. The van der Waals surface area contributed by atoms with Crippen molar-refractivity contribution in [3.8, 4) is 0 Å². The summed E-state index contributed by atoms with van der Waals surface area (Å²) >= 11 is 1.56. The zero-order chi connectivity index (χ0) is 18.8. The molecule has 0 aliphatic heterocycles. The Morgan fingerprint density at radius 2 is 1.81 bits per heavy atom. The number of carbonyl (C=O) groups is 1. The fourth-order valence-electron chi connectivity index (χ4n) is 3.36. The summed E-state index contributed by atoms with van der Waals surface area (Å²) in [5.74, 6) is -0.110. The van der Waals surface area contributed by atoms with Gasteiger partial charge in [0, 0.05) is 6.54 Å². The second-order valence-corrected chi connectivity index (χ2v) is 7.82. The summed E-state index contributed by atoms with van der Waals surface area (Å²) in [6, 6.07) is 10.5. The van der Waals surface area contributed by atoms with E-state index in [-0.39, 0.29) is 5.91 Å². The molecule has 0 spiro atoms. The van der Waals surface area contributed by atoms with E-state index in [0.717, 1.165) is 31.7 Å². The lowest BCUT2D eigenvalue weighted by atomic mass is 9.97. The minimum Gasteiger partial charge on any atom is -0.313 e. The summed E-state index contributed by atoms with van der Waals surface area (Å²) in [7, 11) is 0. The molecule has 0 unspecified atom stereocenters. The van der Waals surface area contributed by atoms with Gasteiger partial charge in [0.15, 0.2) is 4.80 Å². The predicted molar refractivity (Wildman–Crippen MR) is 110 cm³/mol. The number of aromatic nitrogens is 1. The average Bonchev–Trinajstić information content (AvgIpc) is 2.87. The maximum Gasteiger partial charge on any atom is 0.252 e. The number of benzene rings is 2. The summed E-state index contributed by atoms with van der Waals surface area (Å²) in [6.45, 7) is 12.7. The number of amides is 1. The van der Waals surface area contributed by atoms with Crippen molar-refractivity contribution in [2.24, 2.45) is 4.99 Å². The molecule has 0 saturated carbocycles. The fraction of sp³-hybridized carbons (Fsp3) is 0.273. The van der Waals surface area contributed by atoms with Gasteiger partial charge in [-0.3, -0.25) is 4.79 Å². The average molecular weight is 365 g/mol. The topological polar surface area (TPSA) is 34.4 Å². The van der Waals surface area contributed by atoms with Gasteiger partial charge in [0.25, 0.3) is 5.91 Å². The van der Waals surface area contributed by atoms with Crippen LogP contribution in [0.15, 0.2) is 48.0 Å². The minimum atomic E-state index is -0.110. The molecule has 0 atom stereocenters. The maximum atomic E-state index is 12.7. The standard InChI is InChI=1S/C22H24N2OS/c1-6-9-24-19-8-7-14(2)12-20(19)26-22(24)23-21(25)13-18-16(4)10-15(3)11-17(18)5/h6-8,10-12H,1,9,13H2,2-5H3. The third-order valence-corrected chi connectivity index (χ3v) is 5.58. The van der Waals surface area contributed by atoms with Crippen molar-refractivity contribution in [2.75, 3.05) is 0 Å². The fourth-order valence-corrected chi connectivity index (χ4v) is 4.51. The summed E-state index contributed by atoms with van der Waals surface area (Å²) in [4.78, 5) is 17.8. The number of nitrogens with zero attached hydrogens (tertiary/aromatic N) is 2. The molecule has 0 fully saturated rings. The van der Waals surface area contributed by atoms with Crippen molar-refractivity contribution in [1.82, 2.24) is 4.57 Å². The molecule has 3 aromatic rings. The highest BCUT2D eigenvalue weighted by molar-refractivity contribution is 7.16. The van der Waals surface area contributed by atoms with Crippen LogP contribution in [0.5, 0.6) is 0 Å². The van der Waals surface area contributed by atoms with Gasteiger partial charge in [0.05, 0.1) is 16.6 Å².